The van der Waals surface area contributed by atoms with Gasteiger partial charge in [0.15, 0.2) is 5.65 Å². The molecule has 2 aromatic heterocycles. The van der Waals surface area contributed by atoms with Crippen LogP contribution in [0.5, 0.6) is 0 Å². The van der Waals surface area contributed by atoms with E-state index < -0.39 is 0 Å². The molecule has 0 spiro atoms. The predicted octanol–water partition coefficient (Wildman–Crippen LogP) is 4.20. The van der Waals surface area contributed by atoms with Crippen LogP contribution in [0.3, 0.4) is 0 Å². The zero-order chi connectivity index (χ0) is 21.3. The number of hydrogen-bond acceptors (Lipinski definition) is 4. The zero-order valence-electron chi connectivity index (χ0n) is 17.7. The number of nitrogens with one attached hydrogen (secondary N) is 1. The van der Waals surface area contributed by atoms with Crippen molar-refractivity contribution in [3.05, 3.63) is 53.3 Å². The van der Waals surface area contributed by atoms with Gasteiger partial charge in [-0.05, 0) is 58.2 Å². The van der Waals surface area contributed by atoms with E-state index in [1.165, 1.54) is 0 Å². The maximum Gasteiger partial charge on any atom is 0.257 e. The quantitative estimate of drug-likeness (QED) is 0.705. The Bertz CT molecular complexity index is 1100. The van der Waals surface area contributed by atoms with Crippen molar-refractivity contribution >= 4 is 28.5 Å². The van der Waals surface area contributed by atoms with E-state index in [0.29, 0.717) is 22.5 Å². The molecule has 1 aliphatic heterocycles. The van der Waals surface area contributed by atoms with E-state index in [-0.39, 0.29) is 17.9 Å². The van der Waals surface area contributed by atoms with Gasteiger partial charge in [-0.1, -0.05) is 12.1 Å². The topological polar surface area (TPSA) is 80.1 Å². The van der Waals surface area contributed by atoms with Gasteiger partial charge in [-0.15, -0.1) is 0 Å². The van der Waals surface area contributed by atoms with Gasteiger partial charge in [-0.25, -0.2) is 9.67 Å². The molecule has 0 bridgehead atoms. The zero-order valence-corrected chi connectivity index (χ0v) is 17.7. The van der Waals surface area contributed by atoms with Gasteiger partial charge in [0.25, 0.3) is 11.8 Å². The first-order valence-electron chi connectivity index (χ1n) is 10.5. The SMILES string of the molecule is Cc1nc2c(cnn2C(C)C)cc1C(=O)Nc1ccccc1C(=O)N1CCCCC1. The van der Waals surface area contributed by atoms with Gasteiger partial charge in [0.05, 0.1) is 28.7 Å². The first kappa shape index (κ1) is 20.1. The third-order valence-corrected chi connectivity index (χ3v) is 5.54. The molecule has 0 radical (unpaired) electrons. The summed E-state index contributed by atoms with van der Waals surface area (Å²) < 4.78 is 1.84. The maximum absolute atomic E-state index is 13.1. The summed E-state index contributed by atoms with van der Waals surface area (Å²) in [5.74, 6) is -0.313. The lowest BCUT2D eigenvalue weighted by atomic mass is 10.1. The van der Waals surface area contributed by atoms with E-state index in [2.05, 4.69) is 15.4 Å². The van der Waals surface area contributed by atoms with Crippen molar-refractivity contribution in [3.8, 4) is 0 Å². The molecule has 1 N–H and O–H groups in total. The highest BCUT2D eigenvalue weighted by atomic mass is 16.2. The second-order valence-electron chi connectivity index (χ2n) is 8.07. The van der Waals surface area contributed by atoms with Crippen LogP contribution < -0.4 is 5.32 Å². The largest absolute Gasteiger partial charge is 0.339 e. The predicted molar refractivity (Wildman–Crippen MR) is 117 cm³/mol. The van der Waals surface area contributed by atoms with Crippen LogP contribution >= 0.6 is 0 Å². The maximum atomic E-state index is 13.1. The molecule has 156 valence electrons. The minimum atomic E-state index is -0.280. The molecule has 0 unspecified atom stereocenters. The monoisotopic (exact) mass is 405 g/mol. The molecule has 0 saturated carbocycles. The second-order valence-corrected chi connectivity index (χ2v) is 8.07. The van der Waals surface area contributed by atoms with Gasteiger partial charge in [0.1, 0.15) is 0 Å². The molecule has 7 heteroatoms. The molecule has 30 heavy (non-hydrogen) atoms. The highest BCUT2D eigenvalue weighted by Gasteiger charge is 2.22. The lowest BCUT2D eigenvalue weighted by molar-refractivity contribution is 0.0725. The summed E-state index contributed by atoms with van der Waals surface area (Å²) >= 11 is 0. The van der Waals surface area contributed by atoms with E-state index in [4.69, 9.17) is 0 Å². The van der Waals surface area contributed by atoms with Crippen LogP contribution in [-0.4, -0.2) is 44.6 Å². The number of likely N-dealkylation sites (tertiary alicyclic amines) is 1. The second kappa shape index (κ2) is 8.26. The molecule has 7 nitrogen and oxygen atoms in total. The van der Waals surface area contributed by atoms with Gasteiger partial charge in [0.2, 0.25) is 0 Å². The Morgan fingerprint density at radius 2 is 1.80 bits per heavy atom. The molecule has 0 atom stereocenters. The minimum absolute atomic E-state index is 0.0332. The van der Waals surface area contributed by atoms with E-state index >= 15 is 0 Å². The average molecular weight is 406 g/mol. The van der Waals surface area contributed by atoms with Crippen LogP contribution in [0.1, 0.15) is 65.6 Å². The van der Waals surface area contributed by atoms with Gasteiger partial charge >= 0.3 is 0 Å². The summed E-state index contributed by atoms with van der Waals surface area (Å²) in [7, 11) is 0. The molecular formula is C23H27N5O2. The van der Waals surface area contributed by atoms with Crippen molar-refractivity contribution in [3.63, 3.8) is 0 Å². The molecular weight excluding hydrogens is 378 g/mol. The summed E-state index contributed by atoms with van der Waals surface area (Å²) in [6, 6.07) is 9.19. The number of aromatic nitrogens is 3. The molecule has 1 fully saturated rings. The fourth-order valence-corrected chi connectivity index (χ4v) is 3.91. The van der Waals surface area contributed by atoms with Crippen molar-refractivity contribution in [2.75, 3.05) is 18.4 Å². The Morgan fingerprint density at radius 1 is 1.07 bits per heavy atom. The third-order valence-electron chi connectivity index (χ3n) is 5.54. The summed E-state index contributed by atoms with van der Waals surface area (Å²) in [5, 5.41) is 8.13. The summed E-state index contributed by atoms with van der Waals surface area (Å²) in [4.78, 5) is 32.5. The Balaban J connectivity index is 1.62. The van der Waals surface area contributed by atoms with Crippen molar-refractivity contribution in [1.29, 1.82) is 0 Å². The van der Waals surface area contributed by atoms with E-state index in [1.807, 2.05) is 48.6 Å². The molecule has 4 rings (SSSR count). The number of anilines is 1. The number of hydrogen-bond donors (Lipinski definition) is 1. The van der Waals surface area contributed by atoms with E-state index in [9.17, 15) is 9.59 Å². The summed E-state index contributed by atoms with van der Waals surface area (Å²) in [6.45, 7) is 7.43. The number of piperidine rings is 1. The van der Waals surface area contributed by atoms with Crippen LogP contribution in [0.2, 0.25) is 0 Å². The highest BCUT2D eigenvalue weighted by Crippen LogP contribution is 2.23. The number of fused-ring (bicyclic) bond motifs is 1. The van der Waals surface area contributed by atoms with Crippen molar-refractivity contribution in [2.45, 2.75) is 46.1 Å². The summed E-state index contributed by atoms with van der Waals surface area (Å²) in [5.41, 5.74) is 2.91. The molecule has 3 aromatic rings. The smallest absolute Gasteiger partial charge is 0.257 e. The van der Waals surface area contributed by atoms with Crippen LogP contribution in [0, 0.1) is 6.92 Å². The first-order valence-corrected chi connectivity index (χ1v) is 10.5. The molecule has 1 aromatic carbocycles. The lowest BCUT2D eigenvalue weighted by Crippen LogP contribution is -2.36. The summed E-state index contributed by atoms with van der Waals surface area (Å²) in [6.07, 6.45) is 4.93. The normalized spacial score (nSPS) is 14.3. The number of benzene rings is 1. The van der Waals surface area contributed by atoms with Crippen LogP contribution in [0.25, 0.3) is 11.0 Å². The molecule has 1 aliphatic rings. The highest BCUT2D eigenvalue weighted by molar-refractivity contribution is 6.10. The molecule has 2 amide bonds. The lowest BCUT2D eigenvalue weighted by Gasteiger charge is -2.27. The Hall–Kier alpha value is -3.22. The van der Waals surface area contributed by atoms with Crippen LogP contribution in [0.4, 0.5) is 5.69 Å². The van der Waals surface area contributed by atoms with Gasteiger partial charge in [-0.3, -0.25) is 9.59 Å². The van der Waals surface area contributed by atoms with Crippen LogP contribution in [0.15, 0.2) is 36.5 Å². The number of rotatable bonds is 4. The van der Waals surface area contributed by atoms with Crippen molar-refractivity contribution < 1.29 is 9.59 Å². The van der Waals surface area contributed by atoms with Gasteiger partial charge in [-0.2, -0.15) is 5.10 Å². The van der Waals surface area contributed by atoms with Crippen molar-refractivity contribution in [2.24, 2.45) is 0 Å². The standard InChI is InChI=1S/C23H27N5O2/c1-15(2)28-21-17(14-24-28)13-19(16(3)25-21)22(29)26-20-10-6-5-9-18(20)23(30)27-11-7-4-8-12-27/h5-6,9-10,13-15H,4,7-8,11-12H2,1-3H3,(H,26,29). The number of para-hydroxylation sites is 1. The number of aryl methyl sites for hydroxylation is 1. The fraction of sp³-hybridized carbons (Fsp3) is 0.391. The third kappa shape index (κ3) is 3.79. The Kier molecular flexibility index (Phi) is 5.53. The number of amides is 2. The Labute approximate surface area is 176 Å². The minimum Gasteiger partial charge on any atom is -0.339 e. The molecule has 3 heterocycles. The van der Waals surface area contributed by atoms with Crippen LogP contribution in [-0.2, 0) is 0 Å². The number of nitrogens with zero attached hydrogens (tertiary/aromatic N) is 4. The van der Waals surface area contributed by atoms with E-state index in [1.54, 1.807) is 18.3 Å². The van der Waals surface area contributed by atoms with Crippen molar-refractivity contribution in [1.82, 2.24) is 19.7 Å². The van der Waals surface area contributed by atoms with E-state index in [0.717, 1.165) is 43.4 Å². The molecule has 0 aliphatic carbocycles. The van der Waals surface area contributed by atoms with Gasteiger partial charge in [0, 0.05) is 24.5 Å². The number of carbonyl (C=O) groups is 2. The Morgan fingerprint density at radius 3 is 2.53 bits per heavy atom. The number of pyridine rings is 1. The average Bonchev–Trinajstić information content (AvgIpc) is 3.16. The molecule has 1 saturated heterocycles. The number of carbonyl (C=O) groups excluding carboxylic acids is 2. The van der Waals surface area contributed by atoms with Gasteiger partial charge < -0.3 is 10.2 Å². The first-order chi connectivity index (χ1) is 14.5. The fourth-order valence-electron chi connectivity index (χ4n) is 3.91.